The number of hydrogen-bond acceptors (Lipinski definition) is 4. The Hall–Kier alpha value is -2.48. The summed E-state index contributed by atoms with van der Waals surface area (Å²) in [5.41, 5.74) is 0. The van der Waals surface area contributed by atoms with Crippen molar-refractivity contribution in [2.45, 2.75) is 0 Å². The van der Waals surface area contributed by atoms with Crippen molar-refractivity contribution < 1.29 is 19.2 Å². The molecule has 0 heterocycles. The highest BCUT2D eigenvalue weighted by Crippen LogP contribution is 0.958. The van der Waals surface area contributed by atoms with Crippen LogP contribution in [-0.2, 0) is 19.2 Å². The van der Waals surface area contributed by atoms with Crippen LogP contribution in [0.15, 0.2) is 0 Å². The van der Waals surface area contributed by atoms with Crippen molar-refractivity contribution in [2.24, 2.45) is 0 Å². The number of carbonyl (C=O) groups excluding carboxylic acids is 4. The molecule has 0 aromatic rings. The molecule has 0 radical (unpaired) electrons. The minimum Gasteiger partial charge on any atom is -0.724 e. The van der Waals surface area contributed by atoms with Crippen molar-refractivity contribution in [2.75, 3.05) is 0 Å². The van der Waals surface area contributed by atoms with Crippen LogP contribution in [0.1, 0.15) is 0 Å². The summed E-state index contributed by atoms with van der Waals surface area (Å²) in [5.74, 6) is 0. The second-order valence-corrected chi connectivity index (χ2v) is 0.365. The molecule has 0 spiro atoms. The first-order chi connectivity index (χ1) is 5.66. The maximum Gasteiger partial charge on any atom is -0.0159 e. The Kier molecular flexibility index (Phi) is 394. The smallest absolute Gasteiger partial charge is 0.0159 e. The van der Waals surface area contributed by atoms with E-state index >= 15 is 0 Å². The maximum atomic E-state index is 8.24. The van der Waals surface area contributed by atoms with E-state index in [2.05, 4.69) is 0 Å². The Morgan fingerprint density at radius 3 is 0.500 bits per heavy atom. The molecular weight excluding hydrogens is 168 g/mol. The highest BCUT2D eigenvalue weighted by molar-refractivity contribution is 5.37. The van der Waals surface area contributed by atoms with E-state index in [1.165, 1.54) is 0 Å². The van der Waals surface area contributed by atoms with Crippen LogP contribution in [0.2, 0.25) is 0 Å². The van der Waals surface area contributed by atoms with Crippen molar-refractivity contribution in [3.05, 3.63) is 21.6 Å². The molecule has 0 saturated heterocycles. The lowest BCUT2D eigenvalue weighted by atomic mass is 11.7. The van der Waals surface area contributed by atoms with E-state index in [0.29, 0.717) is 24.3 Å². The molecule has 64 valence electrons. The lowest BCUT2D eigenvalue weighted by Gasteiger charge is -1.32. The fourth-order valence-electron chi connectivity index (χ4n) is 0. The largest absolute Gasteiger partial charge is 0.724 e. The third-order valence-corrected chi connectivity index (χ3v) is 0. The molecule has 0 aliphatic rings. The highest BCUT2D eigenvalue weighted by atomic mass is 16.1. The molecule has 0 saturated carbocycles. The Balaban J connectivity index is -0.0000000356. The molecule has 0 N–H and O–H groups in total. The van der Waals surface area contributed by atoms with Gasteiger partial charge in [-0.1, -0.05) is 0 Å². The van der Waals surface area contributed by atoms with Crippen LogP contribution in [0.5, 0.6) is 0 Å². The Labute approximate surface area is 66.2 Å². The lowest BCUT2D eigenvalue weighted by molar-refractivity contribution is 0.568. The first-order valence-electron chi connectivity index (χ1n) is 1.71. The molecule has 8 heteroatoms. The van der Waals surface area contributed by atoms with Crippen LogP contribution in [0.25, 0.3) is 21.6 Å². The molecule has 0 aromatic carbocycles. The van der Waals surface area contributed by atoms with E-state index in [4.69, 9.17) is 40.8 Å². The van der Waals surface area contributed by atoms with Crippen LogP contribution in [0.3, 0.4) is 0 Å². The van der Waals surface area contributed by atoms with E-state index in [1.54, 1.807) is 0 Å². The minimum atomic E-state index is 0.500. The fraction of sp³-hybridized carbons (Fsp3) is 0. The Morgan fingerprint density at radius 2 is 0.500 bits per heavy atom. The fourth-order valence-corrected chi connectivity index (χ4v) is 0. The van der Waals surface area contributed by atoms with Gasteiger partial charge in [-0.2, -0.15) is 0 Å². The van der Waals surface area contributed by atoms with Crippen molar-refractivity contribution in [3.8, 4) is 0 Å². The van der Waals surface area contributed by atoms with Crippen molar-refractivity contribution in [1.82, 2.24) is 0 Å². The minimum absolute atomic E-state index is 0.500. The monoisotopic (exact) mass is 168 g/mol. The van der Waals surface area contributed by atoms with Crippen LogP contribution in [0, 0.1) is 0 Å². The molecule has 8 nitrogen and oxygen atoms in total. The van der Waals surface area contributed by atoms with Crippen molar-refractivity contribution in [1.29, 1.82) is 0 Å². The second kappa shape index (κ2) is 209. The van der Waals surface area contributed by atoms with E-state index < -0.39 is 0 Å². The Morgan fingerprint density at radius 1 is 0.500 bits per heavy atom. The lowest BCUT2D eigenvalue weighted by Crippen LogP contribution is -1.13. The molecule has 12 heavy (non-hydrogen) atoms. The van der Waals surface area contributed by atoms with Gasteiger partial charge in [0, 0.05) is 0 Å². The van der Waals surface area contributed by atoms with Gasteiger partial charge in [0.05, 0.1) is 0 Å². The molecule has 0 aliphatic carbocycles. The van der Waals surface area contributed by atoms with Gasteiger partial charge in [-0.15, -0.1) is 0 Å². The number of nitrogens with zero attached hydrogens (tertiary/aromatic N) is 4. The number of isocyanates is 4. The summed E-state index contributed by atoms with van der Waals surface area (Å²) in [5, 5.41) is 27.1. The van der Waals surface area contributed by atoms with Crippen LogP contribution >= 0.6 is 0 Å². The van der Waals surface area contributed by atoms with Gasteiger partial charge in [-0.3, -0.25) is 19.2 Å². The zero-order valence-electron chi connectivity index (χ0n) is 5.42. The summed E-state index contributed by atoms with van der Waals surface area (Å²) in [4.78, 5) is 32.9. The predicted molar refractivity (Wildman–Crippen MR) is 36.2 cm³/mol. The van der Waals surface area contributed by atoms with Gasteiger partial charge < -0.3 is 21.6 Å². The molecule has 0 aromatic heterocycles. The molecule has 0 bridgehead atoms. The van der Waals surface area contributed by atoms with Gasteiger partial charge in [0.25, 0.3) is 0 Å². The van der Waals surface area contributed by atoms with E-state index in [1.807, 2.05) is 0 Å². The van der Waals surface area contributed by atoms with Crippen LogP contribution < -0.4 is 0 Å². The van der Waals surface area contributed by atoms with E-state index in [0.717, 1.165) is 0 Å². The van der Waals surface area contributed by atoms with Gasteiger partial charge in [0.15, 0.2) is 0 Å². The van der Waals surface area contributed by atoms with Crippen LogP contribution in [0.4, 0.5) is 0 Å². The Bertz CT molecular complexity index is 151. The SMILES string of the molecule is [N-]=C=O.[N-]=C=O.[N-]=C=O.[N-]=C=O. The normalized spacial score (nSPS) is 2.67. The quantitative estimate of drug-likeness (QED) is 0.354. The first-order valence-corrected chi connectivity index (χ1v) is 1.71. The molecule has 0 aliphatic heterocycles. The summed E-state index contributed by atoms with van der Waals surface area (Å²) in [6.07, 6.45) is 2.00. The molecule has 0 atom stereocenters. The third-order valence-electron chi connectivity index (χ3n) is 0. The summed E-state index contributed by atoms with van der Waals surface area (Å²) >= 11 is 0. The zero-order chi connectivity index (χ0) is 10.8. The molecule has 0 rings (SSSR count). The molecule has 0 unspecified atom stereocenters. The van der Waals surface area contributed by atoms with Gasteiger partial charge in [-0.25, -0.2) is 0 Å². The number of hydrogen-bond donors (Lipinski definition) is 0. The maximum absolute atomic E-state index is 8.24. The average Bonchev–Trinajstić information content (AvgIpc) is 1.92. The second-order valence-electron chi connectivity index (χ2n) is 0.365. The van der Waals surface area contributed by atoms with E-state index in [9.17, 15) is 0 Å². The van der Waals surface area contributed by atoms with Gasteiger partial charge in [0.1, 0.15) is 0 Å². The zero-order valence-corrected chi connectivity index (χ0v) is 5.42. The van der Waals surface area contributed by atoms with Crippen LogP contribution in [-0.4, -0.2) is 24.3 Å². The van der Waals surface area contributed by atoms with Gasteiger partial charge in [-0.05, 0) is 24.3 Å². The topological polar surface area (TPSA) is 157 Å². The summed E-state index contributed by atoms with van der Waals surface area (Å²) in [7, 11) is 0. The standard InChI is InChI=1S/4CNO/c4*2-1-3/q4*-1. The summed E-state index contributed by atoms with van der Waals surface area (Å²) < 4.78 is 0. The molecular formula is C4N4O4-4. The van der Waals surface area contributed by atoms with Crippen molar-refractivity contribution >= 4 is 24.3 Å². The average molecular weight is 168 g/mol. The van der Waals surface area contributed by atoms with E-state index in [-0.39, 0.29) is 0 Å². The van der Waals surface area contributed by atoms with Gasteiger partial charge in [0.2, 0.25) is 0 Å². The van der Waals surface area contributed by atoms with Crippen molar-refractivity contribution in [3.63, 3.8) is 0 Å². The first kappa shape index (κ1) is 22.7. The highest BCUT2D eigenvalue weighted by Gasteiger charge is 0.799. The molecule has 0 amide bonds. The predicted octanol–water partition coefficient (Wildman–Crippen LogP) is -0.434. The summed E-state index contributed by atoms with van der Waals surface area (Å²) in [6.45, 7) is 0. The number of rotatable bonds is 0. The third kappa shape index (κ3) is 52.0. The molecule has 0 fully saturated rings. The summed E-state index contributed by atoms with van der Waals surface area (Å²) in [6, 6.07) is 0. The van der Waals surface area contributed by atoms with Gasteiger partial charge >= 0.3 is 0 Å².